The smallest absolute Gasteiger partial charge is 0.243 e. The van der Waals surface area contributed by atoms with E-state index in [1.165, 1.54) is 13.2 Å². The third-order valence-electron chi connectivity index (χ3n) is 4.58. The number of carbonyl (C=O) groups excluding carboxylic acids is 1. The molecular formula is C23H24N4O3. The summed E-state index contributed by atoms with van der Waals surface area (Å²) in [5, 5.41) is 15.9. The van der Waals surface area contributed by atoms with Crippen LogP contribution in [0.5, 0.6) is 11.5 Å². The lowest BCUT2D eigenvalue weighted by molar-refractivity contribution is -0.116. The summed E-state index contributed by atoms with van der Waals surface area (Å²) in [5.74, 6) is 0.865. The van der Waals surface area contributed by atoms with Gasteiger partial charge in [0.2, 0.25) is 5.91 Å². The van der Waals surface area contributed by atoms with Gasteiger partial charge < -0.3 is 20.5 Å². The maximum Gasteiger partial charge on any atom is 0.243 e. The highest BCUT2D eigenvalue weighted by Crippen LogP contribution is 2.31. The van der Waals surface area contributed by atoms with Gasteiger partial charge in [0, 0.05) is 12.1 Å². The van der Waals surface area contributed by atoms with Gasteiger partial charge >= 0.3 is 0 Å². The Kier molecular flexibility index (Phi) is 6.64. The van der Waals surface area contributed by atoms with Crippen molar-refractivity contribution in [2.45, 2.75) is 19.5 Å². The number of nitrogens with one attached hydrogen (secondary N) is 2. The van der Waals surface area contributed by atoms with Crippen molar-refractivity contribution in [2.24, 2.45) is 0 Å². The standard InChI is InChI=1S/C23H24N4O3/c1-4-23(29)25-12-16-6-5-7-17(10-16)15(2)26-22-14-24-13-19(27-22)18-8-9-20(28)21(11-18)30-3/h4-11,13-15,28H,1,12H2,2-3H3,(H,25,29)(H,26,27)/t15-/m0/s1. The third kappa shape index (κ3) is 5.14. The maximum absolute atomic E-state index is 11.4. The summed E-state index contributed by atoms with van der Waals surface area (Å²) in [6.45, 7) is 5.92. The Hall–Kier alpha value is -3.87. The van der Waals surface area contributed by atoms with E-state index < -0.39 is 0 Å². The summed E-state index contributed by atoms with van der Waals surface area (Å²) in [4.78, 5) is 20.3. The number of carbonyl (C=O) groups is 1. The molecule has 3 rings (SSSR count). The zero-order valence-corrected chi connectivity index (χ0v) is 16.9. The van der Waals surface area contributed by atoms with Gasteiger partial charge in [-0.15, -0.1) is 0 Å². The van der Waals surface area contributed by atoms with Crippen molar-refractivity contribution in [1.82, 2.24) is 15.3 Å². The number of hydrogen-bond donors (Lipinski definition) is 3. The lowest BCUT2D eigenvalue weighted by atomic mass is 10.1. The van der Waals surface area contributed by atoms with Crippen LogP contribution in [0.25, 0.3) is 11.3 Å². The van der Waals surface area contributed by atoms with E-state index in [1.807, 2.05) is 31.2 Å². The molecule has 154 valence electrons. The van der Waals surface area contributed by atoms with Crippen molar-refractivity contribution in [1.29, 1.82) is 0 Å². The van der Waals surface area contributed by atoms with Crippen LogP contribution in [-0.4, -0.2) is 28.1 Å². The van der Waals surface area contributed by atoms with Crippen molar-refractivity contribution in [3.8, 4) is 22.8 Å². The Morgan fingerprint density at radius 1 is 1.27 bits per heavy atom. The predicted octanol–water partition coefficient (Wildman–Crippen LogP) is 3.83. The Bertz CT molecular complexity index is 1050. The summed E-state index contributed by atoms with van der Waals surface area (Å²) < 4.78 is 5.17. The van der Waals surface area contributed by atoms with Gasteiger partial charge in [0.1, 0.15) is 5.82 Å². The monoisotopic (exact) mass is 404 g/mol. The molecule has 2 aromatic carbocycles. The average molecular weight is 404 g/mol. The SMILES string of the molecule is C=CC(=O)NCc1cccc([C@H](C)Nc2cncc(-c3ccc(O)c(OC)c3)n2)c1. The van der Waals surface area contributed by atoms with Crippen molar-refractivity contribution >= 4 is 11.7 Å². The minimum atomic E-state index is -0.204. The van der Waals surface area contributed by atoms with Gasteiger partial charge in [0.15, 0.2) is 11.5 Å². The van der Waals surface area contributed by atoms with Crippen molar-refractivity contribution in [2.75, 3.05) is 12.4 Å². The van der Waals surface area contributed by atoms with Crippen LogP contribution in [-0.2, 0) is 11.3 Å². The Morgan fingerprint density at radius 3 is 2.87 bits per heavy atom. The van der Waals surface area contributed by atoms with Gasteiger partial charge in [-0.25, -0.2) is 4.98 Å². The van der Waals surface area contributed by atoms with Gasteiger partial charge in [-0.05, 0) is 42.3 Å². The summed E-state index contributed by atoms with van der Waals surface area (Å²) in [6, 6.07) is 13.0. The molecule has 3 aromatic rings. The first kappa shape index (κ1) is 20.9. The molecule has 0 spiro atoms. The summed E-state index contributed by atoms with van der Waals surface area (Å²) >= 11 is 0. The first-order valence-corrected chi connectivity index (χ1v) is 9.45. The van der Waals surface area contributed by atoms with Crippen LogP contribution in [0.1, 0.15) is 24.1 Å². The molecule has 7 heteroatoms. The van der Waals surface area contributed by atoms with Crippen molar-refractivity contribution in [3.63, 3.8) is 0 Å². The van der Waals surface area contributed by atoms with Crippen LogP contribution in [0.15, 0.2) is 67.5 Å². The number of ether oxygens (including phenoxy) is 1. The minimum absolute atomic E-state index is 0.0287. The molecule has 0 saturated carbocycles. The molecule has 0 aliphatic heterocycles. The van der Waals surface area contributed by atoms with Crippen LogP contribution >= 0.6 is 0 Å². The number of amides is 1. The number of phenols is 1. The Balaban J connectivity index is 1.75. The van der Waals surface area contributed by atoms with Gasteiger partial charge in [0.05, 0.1) is 31.2 Å². The van der Waals surface area contributed by atoms with Crippen LogP contribution in [0.3, 0.4) is 0 Å². The van der Waals surface area contributed by atoms with Crippen molar-refractivity contribution in [3.05, 3.63) is 78.6 Å². The van der Waals surface area contributed by atoms with Gasteiger partial charge in [-0.1, -0.05) is 30.8 Å². The first-order chi connectivity index (χ1) is 14.5. The van der Waals surface area contributed by atoms with E-state index in [2.05, 4.69) is 27.2 Å². The normalized spacial score (nSPS) is 11.4. The van der Waals surface area contributed by atoms with Crippen LogP contribution in [0, 0.1) is 0 Å². The van der Waals surface area contributed by atoms with E-state index in [0.717, 1.165) is 16.7 Å². The van der Waals surface area contributed by atoms with Crippen LogP contribution in [0.2, 0.25) is 0 Å². The largest absolute Gasteiger partial charge is 0.504 e. The first-order valence-electron chi connectivity index (χ1n) is 9.45. The number of benzene rings is 2. The van der Waals surface area contributed by atoms with Gasteiger partial charge in [0.25, 0.3) is 0 Å². The van der Waals surface area contributed by atoms with E-state index in [4.69, 9.17) is 4.74 Å². The van der Waals surface area contributed by atoms with Gasteiger partial charge in [-0.2, -0.15) is 0 Å². The number of hydrogen-bond acceptors (Lipinski definition) is 6. The van der Waals surface area contributed by atoms with E-state index in [0.29, 0.717) is 23.8 Å². The molecule has 0 saturated heterocycles. The van der Waals surface area contributed by atoms with E-state index in [9.17, 15) is 9.90 Å². The molecule has 0 fully saturated rings. The lowest BCUT2D eigenvalue weighted by Crippen LogP contribution is -2.20. The van der Waals surface area contributed by atoms with Gasteiger partial charge in [-0.3, -0.25) is 9.78 Å². The second-order valence-electron chi connectivity index (χ2n) is 6.71. The molecule has 0 bridgehead atoms. The number of nitrogens with zero attached hydrogens (tertiary/aromatic N) is 2. The molecule has 30 heavy (non-hydrogen) atoms. The summed E-state index contributed by atoms with van der Waals surface area (Å²) in [7, 11) is 1.50. The minimum Gasteiger partial charge on any atom is -0.504 e. The molecule has 0 radical (unpaired) electrons. The molecule has 0 aliphatic carbocycles. The number of phenolic OH excluding ortho intramolecular Hbond substituents is 1. The third-order valence-corrected chi connectivity index (χ3v) is 4.58. The fourth-order valence-corrected chi connectivity index (χ4v) is 2.95. The van der Waals surface area contributed by atoms with E-state index in [1.54, 1.807) is 30.6 Å². The van der Waals surface area contributed by atoms with Crippen LogP contribution in [0.4, 0.5) is 5.82 Å². The molecule has 0 aliphatic rings. The average Bonchev–Trinajstić information content (AvgIpc) is 2.78. The second-order valence-corrected chi connectivity index (χ2v) is 6.71. The topological polar surface area (TPSA) is 96.4 Å². The molecule has 1 amide bonds. The van der Waals surface area contributed by atoms with Crippen molar-refractivity contribution < 1.29 is 14.6 Å². The molecule has 7 nitrogen and oxygen atoms in total. The highest BCUT2D eigenvalue weighted by Gasteiger charge is 2.10. The number of aromatic hydroxyl groups is 1. The highest BCUT2D eigenvalue weighted by atomic mass is 16.5. The molecule has 1 heterocycles. The highest BCUT2D eigenvalue weighted by molar-refractivity contribution is 5.86. The van der Waals surface area contributed by atoms with E-state index >= 15 is 0 Å². The molecule has 0 unspecified atom stereocenters. The van der Waals surface area contributed by atoms with E-state index in [-0.39, 0.29) is 17.7 Å². The fraction of sp³-hybridized carbons (Fsp3) is 0.174. The predicted molar refractivity (Wildman–Crippen MR) is 116 cm³/mol. The Morgan fingerprint density at radius 2 is 2.10 bits per heavy atom. The molecule has 1 aromatic heterocycles. The molecule has 1 atom stereocenters. The second kappa shape index (κ2) is 9.56. The fourth-order valence-electron chi connectivity index (χ4n) is 2.95. The number of methoxy groups -OCH3 is 1. The maximum atomic E-state index is 11.4. The van der Waals surface area contributed by atoms with Crippen LogP contribution < -0.4 is 15.4 Å². The molecular weight excluding hydrogens is 380 g/mol. The number of anilines is 1. The molecule has 3 N–H and O–H groups in total. The summed E-state index contributed by atoms with van der Waals surface area (Å²) in [5.41, 5.74) is 3.49. The zero-order chi connectivity index (χ0) is 21.5. The summed E-state index contributed by atoms with van der Waals surface area (Å²) in [6.07, 6.45) is 4.57. The number of aromatic nitrogens is 2. The lowest BCUT2D eigenvalue weighted by Gasteiger charge is -2.16. The quantitative estimate of drug-likeness (QED) is 0.494. The number of rotatable bonds is 8. The zero-order valence-electron chi connectivity index (χ0n) is 16.9. The Labute approximate surface area is 175 Å².